The average molecular weight is 406 g/mol. The highest BCUT2D eigenvalue weighted by Gasteiger charge is 2.10. The average Bonchev–Trinajstić information content (AvgIpc) is 3.26. The molecule has 0 aliphatic carbocycles. The zero-order valence-electron chi connectivity index (χ0n) is 15.8. The molecule has 0 bridgehead atoms. The smallest absolute Gasteiger partial charge is 0.255 e. The molecule has 0 radical (unpaired) electrons. The van der Waals surface area contributed by atoms with Crippen LogP contribution in [0.5, 0.6) is 0 Å². The number of nitrogens with zero attached hydrogens (tertiary/aromatic N) is 4. The maximum Gasteiger partial charge on any atom is 0.255 e. The molecule has 0 aliphatic heterocycles. The van der Waals surface area contributed by atoms with Crippen LogP contribution in [0.2, 0.25) is 0 Å². The molecule has 7 nitrogen and oxygen atoms in total. The number of aryl methyl sites for hydroxylation is 1. The summed E-state index contributed by atoms with van der Waals surface area (Å²) in [5.74, 6) is -0.733. The topological polar surface area (TPSA) is 84.7 Å². The first-order valence-corrected chi connectivity index (χ1v) is 8.95. The molecule has 4 rings (SSSR count). The Hall–Kier alpha value is -4.14. The van der Waals surface area contributed by atoms with Gasteiger partial charge in [-0.1, -0.05) is 0 Å². The number of benzene rings is 2. The molecular weight excluding hydrogens is 390 g/mol. The summed E-state index contributed by atoms with van der Waals surface area (Å²) in [6.45, 7) is 1.79. The molecule has 1 amide bonds. The second-order valence-corrected chi connectivity index (χ2v) is 6.41. The lowest BCUT2D eigenvalue weighted by molar-refractivity contribution is 0.102. The summed E-state index contributed by atoms with van der Waals surface area (Å²) < 4.78 is 28.1. The second-order valence-electron chi connectivity index (χ2n) is 6.41. The number of halogens is 2. The van der Waals surface area contributed by atoms with Crippen LogP contribution in [0.15, 0.2) is 67.3 Å². The highest BCUT2D eigenvalue weighted by Crippen LogP contribution is 2.20. The molecule has 2 aromatic heterocycles. The lowest BCUT2D eigenvalue weighted by Gasteiger charge is -2.10. The van der Waals surface area contributed by atoms with Crippen LogP contribution in [0, 0.1) is 18.6 Å². The van der Waals surface area contributed by atoms with E-state index < -0.39 is 17.5 Å². The molecule has 2 aromatic carbocycles. The first-order chi connectivity index (χ1) is 14.5. The van der Waals surface area contributed by atoms with E-state index in [1.165, 1.54) is 6.07 Å². The van der Waals surface area contributed by atoms with Crippen molar-refractivity contribution in [1.29, 1.82) is 0 Å². The van der Waals surface area contributed by atoms with Gasteiger partial charge in [-0.05, 0) is 49.4 Å². The number of nitrogens with one attached hydrogen (secondary N) is 2. The van der Waals surface area contributed by atoms with Crippen molar-refractivity contribution in [3.8, 4) is 5.82 Å². The number of hydrogen-bond acceptors (Lipinski definition) is 5. The first kappa shape index (κ1) is 19.2. The predicted octanol–water partition coefficient (Wildman–Crippen LogP) is 4.24. The normalized spacial score (nSPS) is 10.6. The Balaban J connectivity index is 1.46. The fourth-order valence-electron chi connectivity index (χ4n) is 2.77. The van der Waals surface area contributed by atoms with Crippen LogP contribution in [-0.4, -0.2) is 25.4 Å². The summed E-state index contributed by atoms with van der Waals surface area (Å²) in [5.41, 5.74) is 1.28. The van der Waals surface area contributed by atoms with E-state index >= 15 is 0 Å². The molecule has 4 aromatic rings. The minimum atomic E-state index is -1.07. The van der Waals surface area contributed by atoms with Gasteiger partial charge in [-0.25, -0.2) is 23.7 Å². The van der Waals surface area contributed by atoms with Crippen LogP contribution in [-0.2, 0) is 0 Å². The summed E-state index contributed by atoms with van der Waals surface area (Å²) in [5, 5.41) is 5.83. The van der Waals surface area contributed by atoms with Crippen LogP contribution in [0.25, 0.3) is 5.82 Å². The van der Waals surface area contributed by atoms with Crippen LogP contribution in [0.4, 0.5) is 26.0 Å². The third-order valence-corrected chi connectivity index (χ3v) is 4.19. The van der Waals surface area contributed by atoms with Crippen molar-refractivity contribution in [2.75, 3.05) is 10.6 Å². The summed E-state index contributed by atoms with van der Waals surface area (Å²) in [7, 11) is 0. The second kappa shape index (κ2) is 8.08. The van der Waals surface area contributed by atoms with Crippen molar-refractivity contribution in [2.45, 2.75) is 6.92 Å². The van der Waals surface area contributed by atoms with E-state index in [2.05, 4.69) is 25.6 Å². The van der Waals surface area contributed by atoms with Crippen molar-refractivity contribution >= 4 is 23.1 Å². The van der Waals surface area contributed by atoms with E-state index in [9.17, 15) is 13.6 Å². The van der Waals surface area contributed by atoms with Gasteiger partial charge in [-0.15, -0.1) is 0 Å². The molecule has 0 saturated heterocycles. The monoisotopic (exact) mass is 406 g/mol. The van der Waals surface area contributed by atoms with Crippen molar-refractivity contribution in [2.24, 2.45) is 0 Å². The van der Waals surface area contributed by atoms with Gasteiger partial charge in [-0.3, -0.25) is 9.36 Å². The minimum absolute atomic E-state index is 0.0274. The van der Waals surface area contributed by atoms with Crippen molar-refractivity contribution in [3.05, 3.63) is 90.3 Å². The third-order valence-electron chi connectivity index (χ3n) is 4.19. The maximum absolute atomic E-state index is 13.3. The third kappa shape index (κ3) is 4.30. The lowest BCUT2D eigenvalue weighted by atomic mass is 10.2. The Morgan fingerprint density at radius 2 is 1.73 bits per heavy atom. The number of rotatable bonds is 5. The fourth-order valence-corrected chi connectivity index (χ4v) is 2.77. The lowest BCUT2D eigenvalue weighted by Crippen LogP contribution is -2.12. The Kier molecular flexibility index (Phi) is 5.17. The number of hydrogen-bond donors (Lipinski definition) is 2. The van der Waals surface area contributed by atoms with E-state index in [0.717, 1.165) is 17.8 Å². The molecule has 9 heteroatoms. The summed E-state index contributed by atoms with van der Waals surface area (Å²) in [6.07, 6.45) is 5.10. The number of imidazole rings is 1. The van der Waals surface area contributed by atoms with E-state index in [4.69, 9.17) is 0 Å². The number of carbonyl (C=O) groups excluding carboxylic acids is 1. The fraction of sp³-hybridized carbons (Fsp3) is 0.0476. The summed E-state index contributed by atoms with van der Waals surface area (Å²) >= 11 is 0. The predicted molar refractivity (Wildman–Crippen MR) is 108 cm³/mol. The van der Waals surface area contributed by atoms with E-state index in [1.54, 1.807) is 60.5 Å². The number of carbonyl (C=O) groups is 1. The Morgan fingerprint density at radius 1 is 0.967 bits per heavy atom. The summed E-state index contributed by atoms with van der Waals surface area (Å²) in [6, 6.07) is 11.7. The van der Waals surface area contributed by atoms with Crippen LogP contribution < -0.4 is 10.6 Å². The molecule has 0 unspecified atom stereocenters. The molecule has 2 N–H and O–H groups in total. The van der Waals surface area contributed by atoms with Crippen molar-refractivity contribution in [1.82, 2.24) is 19.5 Å². The maximum atomic E-state index is 13.3. The molecule has 0 spiro atoms. The molecule has 0 aliphatic rings. The van der Waals surface area contributed by atoms with Gasteiger partial charge in [0.25, 0.3) is 5.91 Å². The quantitative estimate of drug-likeness (QED) is 0.518. The first-order valence-electron chi connectivity index (χ1n) is 8.95. The van der Waals surface area contributed by atoms with E-state index in [0.29, 0.717) is 23.1 Å². The number of amides is 1. The molecule has 0 fully saturated rings. The van der Waals surface area contributed by atoms with Crippen molar-refractivity contribution < 1.29 is 13.6 Å². The SMILES string of the molecule is Cc1nc(Nc2ccc(NC(=O)c3ccc(F)c(F)c3)cc2)cc(-n2ccnc2)n1. The highest BCUT2D eigenvalue weighted by atomic mass is 19.2. The zero-order chi connectivity index (χ0) is 21.1. The van der Waals surface area contributed by atoms with Gasteiger partial charge in [0, 0.05) is 35.4 Å². The van der Waals surface area contributed by atoms with Gasteiger partial charge in [-0.2, -0.15) is 0 Å². The van der Waals surface area contributed by atoms with Crippen LogP contribution in [0.1, 0.15) is 16.2 Å². The Bertz CT molecular complexity index is 1190. The van der Waals surface area contributed by atoms with Gasteiger partial charge < -0.3 is 10.6 Å². The van der Waals surface area contributed by atoms with Crippen LogP contribution >= 0.6 is 0 Å². The molecular formula is C21H16F2N6O. The molecule has 2 heterocycles. The Morgan fingerprint density at radius 3 is 2.43 bits per heavy atom. The highest BCUT2D eigenvalue weighted by molar-refractivity contribution is 6.04. The molecule has 0 atom stereocenters. The van der Waals surface area contributed by atoms with Gasteiger partial charge in [0.05, 0.1) is 0 Å². The van der Waals surface area contributed by atoms with E-state index in [-0.39, 0.29) is 5.56 Å². The number of aromatic nitrogens is 4. The standard InChI is InChI=1S/C21H16F2N6O/c1-13-25-19(11-20(26-13)29-9-8-24-12-29)27-15-3-5-16(6-4-15)28-21(30)14-2-7-17(22)18(23)10-14/h2-12H,1H3,(H,28,30)(H,25,26,27). The van der Waals surface area contributed by atoms with Gasteiger partial charge >= 0.3 is 0 Å². The zero-order valence-corrected chi connectivity index (χ0v) is 15.8. The van der Waals surface area contributed by atoms with Crippen molar-refractivity contribution in [3.63, 3.8) is 0 Å². The minimum Gasteiger partial charge on any atom is -0.340 e. The van der Waals surface area contributed by atoms with Gasteiger partial charge in [0.1, 0.15) is 23.8 Å². The molecule has 150 valence electrons. The van der Waals surface area contributed by atoms with Crippen LogP contribution in [0.3, 0.4) is 0 Å². The number of anilines is 3. The van der Waals surface area contributed by atoms with Gasteiger partial charge in [0.15, 0.2) is 11.6 Å². The molecule has 30 heavy (non-hydrogen) atoms. The molecule has 0 saturated carbocycles. The van der Waals surface area contributed by atoms with E-state index in [1.807, 2.05) is 0 Å². The van der Waals surface area contributed by atoms with Gasteiger partial charge in [0.2, 0.25) is 0 Å². The largest absolute Gasteiger partial charge is 0.340 e. The summed E-state index contributed by atoms with van der Waals surface area (Å²) in [4.78, 5) is 25.0. The Labute approximate surface area is 170 Å².